The number of rotatable bonds is 5. The number of carboxylic acid groups (broad SMARTS) is 1. The molecular weight excluding hydrogens is 382 g/mol. The molecule has 1 aliphatic heterocycles. The lowest BCUT2D eigenvalue weighted by Gasteiger charge is -2.29. The van der Waals surface area contributed by atoms with Gasteiger partial charge in [0.05, 0.1) is 5.69 Å². The number of nitrogens with one attached hydrogen (secondary N) is 1. The summed E-state index contributed by atoms with van der Waals surface area (Å²) < 4.78 is 0. The van der Waals surface area contributed by atoms with Crippen LogP contribution in [0.25, 0.3) is 5.76 Å². The standard InChI is InChI=1S/C23H27N3O4/c1-23(2,3)15-6-4-14(5-7-15)12-16-8-9-17-18(26-16)10-11-24-20(21(17)29)22(30)25-13-19(27)28/h4-6,8-9,11,15,29H,7,10,12-13H2,1-3H3,(H,25,30)(H,27,28). The van der Waals surface area contributed by atoms with Crippen LogP contribution in [-0.2, 0) is 22.4 Å². The Morgan fingerprint density at radius 3 is 2.67 bits per heavy atom. The number of hydrogen-bond acceptors (Lipinski definition) is 5. The average molecular weight is 409 g/mol. The summed E-state index contributed by atoms with van der Waals surface area (Å²) in [4.78, 5) is 31.5. The third-order valence-corrected chi connectivity index (χ3v) is 5.31. The van der Waals surface area contributed by atoms with E-state index in [0.717, 1.165) is 12.1 Å². The Bertz CT molecular complexity index is 981. The lowest BCUT2D eigenvalue weighted by molar-refractivity contribution is -0.137. The second-order valence-corrected chi connectivity index (χ2v) is 8.61. The Morgan fingerprint density at radius 1 is 1.27 bits per heavy atom. The van der Waals surface area contributed by atoms with Gasteiger partial charge in [0, 0.05) is 30.3 Å². The van der Waals surface area contributed by atoms with Crippen LogP contribution < -0.4 is 5.32 Å². The van der Waals surface area contributed by atoms with Gasteiger partial charge in [-0.3, -0.25) is 19.6 Å². The third-order valence-electron chi connectivity index (χ3n) is 5.31. The molecule has 0 saturated carbocycles. The van der Waals surface area contributed by atoms with Crippen LogP contribution in [0, 0.1) is 11.3 Å². The fourth-order valence-electron chi connectivity index (χ4n) is 3.48. The molecule has 7 nitrogen and oxygen atoms in total. The highest BCUT2D eigenvalue weighted by Crippen LogP contribution is 2.33. The van der Waals surface area contributed by atoms with Gasteiger partial charge >= 0.3 is 5.97 Å². The maximum atomic E-state index is 12.2. The van der Waals surface area contributed by atoms with Gasteiger partial charge in [0.25, 0.3) is 5.91 Å². The molecule has 3 N–H and O–H groups in total. The number of carbonyl (C=O) groups excluding carboxylic acids is 1. The van der Waals surface area contributed by atoms with Crippen molar-refractivity contribution in [3.63, 3.8) is 0 Å². The number of pyridine rings is 1. The number of nitrogens with zero attached hydrogens (tertiary/aromatic N) is 2. The van der Waals surface area contributed by atoms with Crippen LogP contribution in [0.4, 0.5) is 0 Å². The maximum Gasteiger partial charge on any atom is 0.322 e. The van der Waals surface area contributed by atoms with E-state index in [-0.39, 0.29) is 16.9 Å². The molecule has 1 aromatic rings. The van der Waals surface area contributed by atoms with Crippen molar-refractivity contribution >= 4 is 23.9 Å². The van der Waals surface area contributed by atoms with Gasteiger partial charge < -0.3 is 15.5 Å². The molecule has 0 radical (unpaired) electrons. The minimum Gasteiger partial charge on any atom is -0.505 e. The summed E-state index contributed by atoms with van der Waals surface area (Å²) >= 11 is 0. The summed E-state index contributed by atoms with van der Waals surface area (Å²) in [6.45, 7) is 6.18. The van der Waals surface area contributed by atoms with Gasteiger partial charge in [-0.15, -0.1) is 0 Å². The normalized spacial score (nSPS) is 18.5. The van der Waals surface area contributed by atoms with Crippen LogP contribution in [-0.4, -0.2) is 39.8 Å². The summed E-state index contributed by atoms with van der Waals surface area (Å²) in [5.74, 6) is -1.70. The zero-order chi connectivity index (χ0) is 21.9. The predicted octanol–water partition coefficient (Wildman–Crippen LogP) is 3.23. The topological polar surface area (TPSA) is 112 Å². The van der Waals surface area contributed by atoms with Crippen LogP contribution in [0.5, 0.6) is 0 Å². The molecule has 0 bridgehead atoms. The fourth-order valence-corrected chi connectivity index (χ4v) is 3.48. The highest BCUT2D eigenvalue weighted by molar-refractivity contribution is 6.02. The number of aliphatic hydroxyl groups excluding tert-OH is 1. The van der Waals surface area contributed by atoms with E-state index in [2.05, 4.69) is 54.3 Å². The molecule has 1 amide bonds. The minimum absolute atomic E-state index is 0.212. The molecule has 2 aliphatic rings. The Kier molecular flexibility index (Phi) is 6.20. The number of allylic oxidation sites excluding steroid dienone is 4. The molecule has 0 fully saturated rings. The molecule has 7 heteroatoms. The number of aromatic nitrogens is 1. The van der Waals surface area contributed by atoms with Gasteiger partial charge in [-0.1, -0.05) is 39.0 Å². The number of amides is 1. The molecule has 158 valence electrons. The van der Waals surface area contributed by atoms with E-state index < -0.39 is 18.4 Å². The van der Waals surface area contributed by atoms with Crippen molar-refractivity contribution in [1.82, 2.24) is 10.3 Å². The zero-order valence-electron chi connectivity index (χ0n) is 17.5. The Labute approximate surface area is 175 Å². The van der Waals surface area contributed by atoms with Gasteiger partial charge in [-0.2, -0.15) is 0 Å². The minimum atomic E-state index is -1.17. The number of aliphatic hydroxyl groups is 1. The lowest BCUT2D eigenvalue weighted by Crippen LogP contribution is -2.30. The van der Waals surface area contributed by atoms with E-state index in [4.69, 9.17) is 5.11 Å². The predicted molar refractivity (Wildman–Crippen MR) is 115 cm³/mol. The van der Waals surface area contributed by atoms with E-state index in [1.165, 1.54) is 11.8 Å². The van der Waals surface area contributed by atoms with Gasteiger partial charge in [0.15, 0.2) is 11.5 Å². The molecule has 2 heterocycles. The van der Waals surface area contributed by atoms with Crippen LogP contribution >= 0.6 is 0 Å². The molecule has 0 saturated heterocycles. The second-order valence-electron chi connectivity index (χ2n) is 8.61. The first-order chi connectivity index (χ1) is 14.1. The smallest absolute Gasteiger partial charge is 0.322 e. The van der Waals surface area contributed by atoms with Gasteiger partial charge in [-0.05, 0) is 35.5 Å². The monoisotopic (exact) mass is 409 g/mol. The van der Waals surface area contributed by atoms with Crippen molar-refractivity contribution in [1.29, 1.82) is 0 Å². The molecule has 1 aromatic heterocycles. The Morgan fingerprint density at radius 2 is 2.03 bits per heavy atom. The number of hydrogen-bond donors (Lipinski definition) is 3. The largest absolute Gasteiger partial charge is 0.505 e. The number of aliphatic imine (C=N–C) groups is 1. The van der Waals surface area contributed by atoms with Crippen molar-refractivity contribution in [2.75, 3.05) is 6.54 Å². The zero-order valence-corrected chi connectivity index (χ0v) is 17.5. The van der Waals surface area contributed by atoms with E-state index in [1.54, 1.807) is 6.07 Å². The molecule has 0 spiro atoms. The van der Waals surface area contributed by atoms with E-state index in [1.807, 2.05) is 6.07 Å². The highest BCUT2D eigenvalue weighted by Gasteiger charge is 2.24. The van der Waals surface area contributed by atoms with Gasteiger partial charge in [0.1, 0.15) is 6.54 Å². The fraction of sp³-hybridized carbons (Fsp3) is 0.391. The molecule has 1 unspecified atom stereocenters. The first kappa shape index (κ1) is 21.5. The number of aliphatic carboxylic acids is 1. The summed E-state index contributed by atoms with van der Waals surface area (Å²) in [6.07, 6.45) is 10.2. The SMILES string of the molecule is CC(C)(C)C1C=CC(Cc2ccc3c(n2)CC=NC(C(=O)NCC(=O)O)=C3O)=CC1. The summed E-state index contributed by atoms with van der Waals surface area (Å²) in [5.41, 5.74) is 3.16. The molecular formula is C23H27N3O4. The summed E-state index contributed by atoms with van der Waals surface area (Å²) in [7, 11) is 0. The molecule has 1 aliphatic carbocycles. The number of carbonyl (C=O) groups is 2. The van der Waals surface area contributed by atoms with E-state index >= 15 is 0 Å². The molecule has 30 heavy (non-hydrogen) atoms. The summed E-state index contributed by atoms with van der Waals surface area (Å²) in [5, 5.41) is 21.5. The Hall–Kier alpha value is -3.22. The Balaban J connectivity index is 1.77. The quantitative estimate of drug-likeness (QED) is 0.691. The van der Waals surface area contributed by atoms with Crippen molar-refractivity contribution in [2.45, 2.75) is 40.0 Å². The third kappa shape index (κ3) is 5.03. The van der Waals surface area contributed by atoms with Gasteiger partial charge in [-0.25, -0.2) is 0 Å². The maximum absolute atomic E-state index is 12.2. The first-order valence-corrected chi connectivity index (χ1v) is 9.97. The molecule has 1 atom stereocenters. The van der Waals surface area contributed by atoms with Crippen LogP contribution in [0.3, 0.4) is 0 Å². The van der Waals surface area contributed by atoms with Crippen molar-refractivity contribution in [3.05, 3.63) is 58.6 Å². The number of fused-ring (bicyclic) bond motifs is 1. The van der Waals surface area contributed by atoms with Crippen molar-refractivity contribution in [3.8, 4) is 0 Å². The molecule has 0 aromatic carbocycles. The van der Waals surface area contributed by atoms with Crippen molar-refractivity contribution < 1.29 is 19.8 Å². The van der Waals surface area contributed by atoms with Crippen LogP contribution in [0.2, 0.25) is 0 Å². The van der Waals surface area contributed by atoms with Crippen LogP contribution in [0.1, 0.15) is 44.1 Å². The summed E-state index contributed by atoms with van der Waals surface area (Å²) in [6, 6.07) is 3.56. The highest BCUT2D eigenvalue weighted by atomic mass is 16.4. The van der Waals surface area contributed by atoms with Gasteiger partial charge in [0.2, 0.25) is 0 Å². The van der Waals surface area contributed by atoms with E-state index in [0.29, 0.717) is 30.0 Å². The van der Waals surface area contributed by atoms with Crippen molar-refractivity contribution in [2.24, 2.45) is 16.3 Å². The first-order valence-electron chi connectivity index (χ1n) is 9.97. The lowest BCUT2D eigenvalue weighted by atomic mass is 9.76. The number of carboxylic acids is 1. The van der Waals surface area contributed by atoms with E-state index in [9.17, 15) is 14.7 Å². The molecule has 3 rings (SSSR count). The van der Waals surface area contributed by atoms with Crippen LogP contribution in [0.15, 0.2) is 46.6 Å². The average Bonchev–Trinajstić information content (AvgIpc) is 2.84. The second kappa shape index (κ2) is 8.65.